The van der Waals surface area contributed by atoms with Crippen LogP contribution in [0.25, 0.3) is 10.8 Å². The lowest BCUT2D eigenvalue weighted by Crippen LogP contribution is -2.06. The quantitative estimate of drug-likeness (QED) is 0.820. The monoisotopic (exact) mass is 213 g/mol. The minimum absolute atomic E-state index is 0.577. The van der Waals surface area contributed by atoms with Gasteiger partial charge in [0.05, 0.1) is 0 Å². The van der Waals surface area contributed by atoms with Crippen molar-refractivity contribution in [3.8, 4) is 0 Å². The second kappa shape index (κ2) is 4.67. The molecular weight excluding hydrogens is 194 g/mol. The van der Waals surface area contributed by atoms with Crippen molar-refractivity contribution in [2.24, 2.45) is 0 Å². The lowest BCUT2D eigenvalue weighted by Gasteiger charge is -2.13. The fourth-order valence-electron chi connectivity index (χ4n) is 2.23. The smallest absolute Gasteiger partial charge is 0.0208 e. The summed E-state index contributed by atoms with van der Waals surface area (Å²) in [6.07, 6.45) is 0. The molecule has 0 aromatic heterocycles. The molecule has 0 unspecified atom stereocenters. The first-order chi connectivity index (χ1) is 7.74. The Morgan fingerprint density at radius 3 is 2.31 bits per heavy atom. The van der Waals surface area contributed by atoms with Crippen LogP contribution in [-0.4, -0.2) is 7.05 Å². The molecule has 0 amide bonds. The van der Waals surface area contributed by atoms with Gasteiger partial charge in [0.25, 0.3) is 0 Å². The Morgan fingerprint density at radius 1 is 1.00 bits per heavy atom. The molecule has 0 bridgehead atoms. The van der Waals surface area contributed by atoms with Crippen molar-refractivity contribution >= 4 is 10.8 Å². The third-order valence-electron chi connectivity index (χ3n) is 3.04. The average molecular weight is 213 g/mol. The first-order valence-electron chi connectivity index (χ1n) is 5.89. The maximum atomic E-state index is 3.22. The fourth-order valence-corrected chi connectivity index (χ4v) is 2.23. The van der Waals surface area contributed by atoms with E-state index < -0.39 is 0 Å². The Kier molecular flexibility index (Phi) is 3.25. The van der Waals surface area contributed by atoms with Crippen LogP contribution in [0.2, 0.25) is 0 Å². The molecule has 84 valence electrons. The summed E-state index contributed by atoms with van der Waals surface area (Å²) < 4.78 is 0. The highest BCUT2D eigenvalue weighted by Gasteiger charge is 2.07. The van der Waals surface area contributed by atoms with Gasteiger partial charge in [0.15, 0.2) is 0 Å². The van der Waals surface area contributed by atoms with E-state index in [2.05, 4.69) is 55.6 Å². The van der Waals surface area contributed by atoms with E-state index in [4.69, 9.17) is 0 Å². The minimum Gasteiger partial charge on any atom is -0.316 e. The predicted octanol–water partition coefficient (Wildman–Crippen LogP) is 3.68. The maximum absolute atomic E-state index is 3.22. The zero-order valence-electron chi connectivity index (χ0n) is 10.2. The standard InChI is InChI=1S/C15H19N/c1-11(2)13-9-8-12(10-16-3)14-6-4-5-7-15(13)14/h4-9,11,16H,10H2,1-3H3. The summed E-state index contributed by atoms with van der Waals surface area (Å²) in [5, 5.41) is 6.00. The third-order valence-corrected chi connectivity index (χ3v) is 3.04. The molecular formula is C15H19N. The summed E-state index contributed by atoms with van der Waals surface area (Å²) in [4.78, 5) is 0. The Hall–Kier alpha value is -1.34. The van der Waals surface area contributed by atoms with Gasteiger partial charge >= 0.3 is 0 Å². The van der Waals surface area contributed by atoms with E-state index in [1.54, 1.807) is 0 Å². The molecule has 1 nitrogen and oxygen atoms in total. The Balaban J connectivity index is 2.67. The van der Waals surface area contributed by atoms with Gasteiger partial charge in [0.1, 0.15) is 0 Å². The normalized spacial score (nSPS) is 11.2. The van der Waals surface area contributed by atoms with Gasteiger partial charge in [0.2, 0.25) is 0 Å². The second-order valence-electron chi connectivity index (χ2n) is 4.54. The summed E-state index contributed by atoms with van der Waals surface area (Å²) in [7, 11) is 1.99. The molecule has 0 aliphatic heterocycles. The van der Waals surface area contributed by atoms with Crippen LogP contribution < -0.4 is 5.32 Å². The molecule has 16 heavy (non-hydrogen) atoms. The number of hydrogen-bond donors (Lipinski definition) is 1. The van der Waals surface area contributed by atoms with E-state index in [9.17, 15) is 0 Å². The van der Waals surface area contributed by atoms with Crippen LogP contribution in [0.5, 0.6) is 0 Å². The van der Waals surface area contributed by atoms with E-state index in [1.165, 1.54) is 21.9 Å². The van der Waals surface area contributed by atoms with Gasteiger partial charge in [-0.2, -0.15) is 0 Å². The van der Waals surface area contributed by atoms with Gasteiger partial charge in [-0.25, -0.2) is 0 Å². The van der Waals surface area contributed by atoms with E-state index in [0.717, 1.165) is 6.54 Å². The zero-order valence-corrected chi connectivity index (χ0v) is 10.2. The molecule has 0 spiro atoms. The van der Waals surface area contributed by atoms with Crippen molar-refractivity contribution in [2.45, 2.75) is 26.3 Å². The Bertz CT molecular complexity index is 486. The molecule has 0 atom stereocenters. The maximum Gasteiger partial charge on any atom is 0.0208 e. The van der Waals surface area contributed by atoms with Gasteiger partial charge in [0, 0.05) is 6.54 Å². The van der Waals surface area contributed by atoms with E-state index in [-0.39, 0.29) is 0 Å². The number of fused-ring (bicyclic) bond motifs is 1. The van der Waals surface area contributed by atoms with E-state index in [0.29, 0.717) is 5.92 Å². The van der Waals surface area contributed by atoms with Gasteiger partial charge < -0.3 is 5.32 Å². The van der Waals surface area contributed by atoms with Crippen LogP contribution in [0.3, 0.4) is 0 Å². The molecule has 0 saturated carbocycles. The lowest BCUT2D eigenvalue weighted by molar-refractivity contribution is 0.821. The van der Waals surface area contributed by atoms with Crippen molar-refractivity contribution < 1.29 is 0 Å². The molecule has 0 radical (unpaired) electrons. The summed E-state index contributed by atoms with van der Waals surface area (Å²) >= 11 is 0. The molecule has 0 heterocycles. The molecule has 1 heteroatoms. The van der Waals surface area contributed by atoms with Gasteiger partial charge in [-0.3, -0.25) is 0 Å². The molecule has 2 rings (SSSR count). The van der Waals surface area contributed by atoms with E-state index >= 15 is 0 Å². The van der Waals surface area contributed by atoms with Gasteiger partial charge in [-0.15, -0.1) is 0 Å². The Labute approximate surface area is 97.5 Å². The first kappa shape index (κ1) is 11.2. The zero-order chi connectivity index (χ0) is 11.5. The van der Waals surface area contributed by atoms with Gasteiger partial charge in [-0.05, 0) is 34.9 Å². The Morgan fingerprint density at radius 2 is 1.69 bits per heavy atom. The minimum atomic E-state index is 0.577. The third kappa shape index (κ3) is 1.96. The van der Waals surface area contributed by atoms with Crippen molar-refractivity contribution in [1.82, 2.24) is 5.32 Å². The second-order valence-corrected chi connectivity index (χ2v) is 4.54. The van der Waals surface area contributed by atoms with E-state index in [1.807, 2.05) is 7.05 Å². The summed E-state index contributed by atoms with van der Waals surface area (Å²) in [6.45, 7) is 5.43. The summed E-state index contributed by atoms with van der Waals surface area (Å²) in [5.41, 5.74) is 2.82. The summed E-state index contributed by atoms with van der Waals surface area (Å²) in [6, 6.07) is 13.2. The highest BCUT2D eigenvalue weighted by molar-refractivity contribution is 5.89. The summed E-state index contributed by atoms with van der Waals surface area (Å²) in [5.74, 6) is 0.577. The largest absolute Gasteiger partial charge is 0.316 e. The molecule has 0 saturated heterocycles. The van der Waals surface area contributed by atoms with Crippen LogP contribution in [0.4, 0.5) is 0 Å². The highest BCUT2D eigenvalue weighted by atomic mass is 14.8. The number of hydrogen-bond acceptors (Lipinski definition) is 1. The van der Waals surface area contributed by atoms with Crippen LogP contribution in [0.1, 0.15) is 30.9 Å². The van der Waals surface area contributed by atoms with Crippen molar-refractivity contribution in [1.29, 1.82) is 0 Å². The highest BCUT2D eigenvalue weighted by Crippen LogP contribution is 2.27. The van der Waals surface area contributed by atoms with Crippen molar-refractivity contribution in [3.63, 3.8) is 0 Å². The number of benzene rings is 2. The fraction of sp³-hybridized carbons (Fsp3) is 0.333. The van der Waals surface area contributed by atoms with Crippen LogP contribution in [-0.2, 0) is 6.54 Å². The molecule has 1 N–H and O–H groups in total. The average Bonchev–Trinajstić information content (AvgIpc) is 2.29. The predicted molar refractivity (Wildman–Crippen MR) is 70.8 cm³/mol. The van der Waals surface area contributed by atoms with Crippen LogP contribution >= 0.6 is 0 Å². The molecule has 2 aromatic carbocycles. The SMILES string of the molecule is CNCc1ccc(C(C)C)c2ccccc12. The molecule has 2 aromatic rings. The molecule has 0 aliphatic rings. The van der Waals surface area contributed by atoms with Gasteiger partial charge in [-0.1, -0.05) is 50.2 Å². The van der Waals surface area contributed by atoms with Crippen LogP contribution in [0, 0.1) is 0 Å². The van der Waals surface area contributed by atoms with Crippen LogP contribution in [0.15, 0.2) is 36.4 Å². The molecule has 0 fully saturated rings. The topological polar surface area (TPSA) is 12.0 Å². The molecule has 0 aliphatic carbocycles. The number of nitrogens with one attached hydrogen (secondary N) is 1. The van der Waals surface area contributed by atoms with Crippen molar-refractivity contribution in [3.05, 3.63) is 47.5 Å². The lowest BCUT2D eigenvalue weighted by atomic mass is 9.93. The van der Waals surface area contributed by atoms with Crippen molar-refractivity contribution in [2.75, 3.05) is 7.05 Å². The first-order valence-corrected chi connectivity index (χ1v) is 5.89. The number of rotatable bonds is 3.